The first-order chi connectivity index (χ1) is 15.3. The number of ketones is 1. The Morgan fingerprint density at radius 1 is 0.906 bits per heavy atom. The standard InChI is InChI=1S/C26H28FN3O2/c1-18-5-4-6-21(15-18)26(32)29-13-11-28(12-14-29)17-25(31)24-16-19(2)30(20(24)3)23-9-7-22(27)8-10-23/h4-10,15-16H,11-14,17H2,1-3H3. The van der Waals surface area contributed by atoms with Crippen molar-refractivity contribution >= 4 is 11.7 Å². The van der Waals surface area contributed by atoms with E-state index in [0.29, 0.717) is 43.9 Å². The Labute approximate surface area is 188 Å². The van der Waals surface area contributed by atoms with Gasteiger partial charge in [-0.1, -0.05) is 17.7 Å². The second-order valence-corrected chi connectivity index (χ2v) is 8.46. The number of rotatable bonds is 5. The summed E-state index contributed by atoms with van der Waals surface area (Å²) in [4.78, 5) is 29.8. The summed E-state index contributed by atoms with van der Waals surface area (Å²) in [6.45, 7) is 8.71. The molecule has 166 valence electrons. The molecule has 0 radical (unpaired) electrons. The Bertz CT molecular complexity index is 1140. The molecule has 6 heteroatoms. The van der Waals surface area contributed by atoms with Crippen LogP contribution in [0.3, 0.4) is 0 Å². The highest BCUT2D eigenvalue weighted by Gasteiger charge is 2.25. The van der Waals surface area contributed by atoms with Gasteiger partial charge in [-0.25, -0.2) is 4.39 Å². The van der Waals surface area contributed by atoms with Crippen LogP contribution >= 0.6 is 0 Å². The number of carbonyl (C=O) groups is 2. The minimum Gasteiger partial charge on any atom is -0.336 e. The Morgan fingerprint density at radius 2 is 1.59 bits per heavy atom. The quantitative estimate of drug-likeness (QED) is 0.567. The lowest BCUT2D eigenvalue weighted by Crippen LogP contribution is -2.49. The third kappa shape index (κ3) is 4.50. The molecule has 0 spiro atoms. The number of hydrogen-bond donors (Lipinski definition) is 0. The zero-order chi connectivity index (χ0) is 22.8. The maximum absolute atomic E-state index is 13.3. The molecule has 1 aliphatic rings. The van der Waals surface area contributed by atoms with Crippen LogP contribution in [0.2, 0.25) is 0 Å². The number of hydrogen-bond acceptors (Lipinski definition) is 3. The summed E-state index contributed by atoms with van der Waals surface area (Å²) >= 11 is 0. The molecule has 2 aromatic carbocycles. The summed E-state index contributed by atoms with van der Waals surface area (Å²) in [5.41, 5.74) is 5.09. The highest BCUT2D eigenvalue weighted by molar-refractivity contribution is 5.99. The van der Waals surface area contributed by atoms with Crippen LogP contribution in [0, 0.1) is 26.6 Å². The number of halogens is 1. The minimum absolute atomic E-state index is 0.0440. The molecule has 1 fully saturated rings. The predicted octanol–water partition coefficient (Wildman–Crippen LogP) is 4.18. The van der Waals surface area contributed by atoms with Gasteiger partial charge in [-0.2, -0.15) is 0 Å². The van der Waals surface area contributed by atoms with Crippen molar-refractivity contribution in [2.45, 2.75) is 20.8 Å². The van der Waals surface area contributed by atoms with Gasteiger partial charge < -0.3 is 9.47 Å². The smallest absolute Gasteiger partial charge is 0.253 e. The average molecular weight is 434 g/mol. The van der Waals surface area contributed by atoms with Gasteiger partial charge >= 0.3 is 0 Å². The first kappa shape index (κ1) is 22.0. The van der Waals surface area contributed by atoms with Gasteiger partial charge in [-0.3, -0.25) is 14.5 Å². The predicted molar refractivity (Wildman–Crippen MR) is 123 cm³/mol. The van der Waals surface area contributed by atoms with E-state index < -0.39 is 0 Å². The van der Waals surface area contributed by atoms with E-state index in [1.54, 1.807) is 12.1 Å². The number of aromatic nitrogens is 1. The van der Waals surface area contributed by atoms with Crippen LogP contribution in [0.5, 0.6) is 0 Å². The highest BCUT2D eigenvalue weighted by Crippen LogP contribution is 2.22. The van der Waals surface area contributed by atoms with E-state index in [0.717, 1.165) is 22.6 Å². The van der Waals surface area contributed by atoms with Crippen LogP contribution in [0.25, 0.3) is 5.69 Å². The fourth-order valence-electron chi connectivity index (χ4n) is 4.39. The van der Waals surface area contributed by atoms with Crippen molar-refractivity contribution < 1.29 is 14.0 Å². The first-order valence-electron chi connectivity index (χ1n) is 10.9. The van der Waals surface area contributed by atoms with E-state index in [1.807, 2.05) is 60.6 Å². The van der Waals surface area contributed by atoms with Crippen molar-refractivity contribution in [3.05, 3.63) is 88.5 Å². The molecule has 2 heterocycles. The molecule has 1 amide bonds. The van der Waals surface area contributed by atoms with Gasteiger partial charge in [0.25, 0.3) is 5.91 Å². The van der Waals surface area contributed by atoms with Gasteiger partial charge in [-0.15, -0.1) is 0 Å². The van der Waals surface area contributed by atoms with E-state index >= 15 is 0 Å². The first-order valence-corrected chi connectivity index (χ1v) is 10.9. The molecule has 0 saturated carbocycles. The molecular weight excluding hydrogens is 405 g/mol. The van der Waals surface area contributed by atoms with Crippen molar-refractivity contribution in [2.75, 3.05) is 32.7 Å². The topological polar surface area (TPSA) is 45.6 Å². The number of nitrogens with zero attached hydrogens (tertiary/aromatic N) is 3. The molecule has 0 N–H and O–H groups in total. The van der Waals surface area contributed by atoms with Crippen molar-refractivity contribution in [3.8, 4) is 5.69 Å². The molecular formula is C26H28FN3O2. The van der Waals surface area contributed by atoms with Crippen LogP contribution in [-0.2, 0) is 0 Å². The largest absolute Gasteiger partial charge is 0.336 e. The van der Waals surface area contributed by atoms with Crippen molar-refractivity contribution in [1.82, 2.24) is 14.4 Å². The zero-order valence-corrected chi connectivity index (χ0v) is 18.8. The summed E-state index contributed by atoms with van der Waals surface area (Å²) in [5.74, 6) is -0.181. The summed E-state index contributed by atoms with van der Waals surface area (Å²) in [6.07, 6.45) is 0. The van der Waals surface area contributed by atoms with Crippen LogP contribution in [0.4, 0.5) is 4.39 Å². The van der Waals surface area contributed by atoms with Gasteiger partial charge in [0.05, 0.1) is 6.54 Å². The van der Waals surface area contributed by atoms with E-state index in [9.17, 15) is 14.0 Å². The second kappa shape index (κ2) is 9.09. The van der Waals surface area contributed by atoms with E-state index in [4.69, 9.17) is 0 Å². The number of aryl methyl sites for hydroxylation is 2. The molecule has 0 bridgehead atoms. The summed E-state index contributed by atoms with van der Waals surface area (Å²) in [7, 11) is 0. The number of amides is 1. The third-order valence-electron chi connectivity index (χ3n) is 6.11. The molecule has 32 heavy (non-hydrogen) atoms. The van der Waals surface area contributed by atoms with Crippen LogP contribution in [0.1, 0.15) is 37.7 Å². The summed E-state index contributed by atoms with van der Waals surface area (Å²) < 4.78 is 15.3. The maximum Gasteiger partial charge on any atom is 0.253 e. The monoisotopic (exact) mass is 433 g/mol. The Kier molecular flexibility index (Phi) is 6.24. The Morgan fingerprint density at radius 3 is 2.25 bits per heavy atom. The Balaban J connectivity index is 1.40. The highest BCUT2D eigenvalue weighted by atomic mass is 19.1. The van der Waals surface area contributed by atoms with E-state index in [1.165, 1.54) is 12.1 Å². The van der Waals surface area contributed by atoms with Crippen molar-refractivity contribution in [1.29, 1.82) is 0 Å². The zero-order valence-electron chi connectivity index (χ0n) is 18.8. The van der Waals surface area contributed by atoms with Crippen LogP contribution < -0.4 is 0 Å². The van der Waals surface area contributed by atoms with E-state index in [2.05, 4.69) is 4.90 Å². The van der Waals surface area contributed by atoms with E-state index in [-0.39, 0.29) is 17.5 Å². The normalized spacial score (nSPS) is 14.6. The third-order valence-corrected chi connectivity index (χ3v) is 6.11. The SMILES string of the molecule is Cc1cccc(C(=O)N2CCN(CC(=O)c3cc(C)n(-c4ccc(F)cc4)c3C)CC2)c1. The molecule has 1 saturated heterocycles. The molecule has 1 aliphatic heterocycles. The lowest BCUT2D eigenvalue weighted by molar-refractivity contribution is 0.0624. The van der Waals surface area contributed by atoms with Crippen LogP contribution in [-0.4, -0.2) is 58.8 Å². The second-order valence-electron chi connectivity index (χ2n) is 8.46. The van der Waals surface area contributed by atoms with Gasteiger partial charge in [0.2, 0.25) is 0 Å². The average Bonchev–Trinajstić information content (AvgIpc) is 3.08. The molecule has 1 aromatic heterocycles. The minimum atomic E-state index is -0.285. The van der Waals surface area contributed by atoms with Crippen LogP contribution in [0.15, 0.2) is 54.6 Å². The molecule has 5 nitrogen and oxygen atoms in total. The van der Waals surface area contributed by atoms with Gasteiger partial charge in [0, 0.05) is 54.4 Å². The number of piperazine rings is 1. The number of carbonyl (C=O) groups excluding carboxylic acids is 2. The maximum atomic E-state index is 13.3. The Hall–Kier alpha value is -3.25. The summed E-state index contributed by atoms with van der Waals surface area (Å²) in [5, 5.41) is 0. The fourth-order valence-corrected chi connectivity index (χ4v) is 4.39. The molecule has 0 aliphatic carbocycles. The number of Topliss-reactive ketones (excluding diaryl/α,β-unsaturated/α-hetero) is 1. The van der Waals surface area contributed by atoms with Gasteiger partial charge in [0.1, 0.15) is 5.82 Å². The van der Waals surface area contributed by atoms with Gasteiger partial charge in [0.15, 0.2) is 5.78 Å². The molecule has 0 unspecified atom stereocenters. The lowest BCUT2D eigenvalue weighted by atomic mass is 10.1. The molecule has 4 rings (SSSR count). The number of benzene rings is 2. The van der Waals surface area contributed by atoms with Gasteiger partial charge in [-0.05, 0) is 63.2 Å². The van der Waals surface area contributed by atoms with Crippen molar-refractivity contribution in [3.63, 3.8) is 0 Å². The van der Waals surface area contributed by atoms with Crippen molar-refractivity contribution in [2.24, 2.45) is 0 Å². The fraction of sp³-hybridized carbons (Fsp3) is 0.308. The molecule has 0 atom stereocenters. The lowest BCUT2D eigenvalue weighted by Gasteiger charge is -2.34. The summed E-state index contributed by atoms with van der Waals surface area (Å²) in [6, 6.07) is 15.8. The molecule has 3 aromatic rings.